The van der Waals surface area contributed by atoms with Crippen LogP contribution in [0.2, 0.25) is 0 Å². The number of carbonyl (C=O) groups excluding carboxylic acids is 2. The van der Waals surface area contributed by atoms with Crippen LogP contribution in [0.5, 0.6) is 0 Å². The number of carbonyl (C=O) groups is 2. The third kappa shape index (κ3) is 3.14. The molecule has 0 aliphatic carbocycles. The number of hydrogen-bond acceptors (Lipinski definition) is 5. The second kappa shape index (κ2) is 6.60. The molecule has 0 N–H and O–H groups in total. The first-order valence-electron chi connectivity index (χ1n) is 9.60. The number of ether oxygens (including phenoxy) is 1. The van der Waals surface area contributed by atoms with Crippen LogP contribution in [0, 0.1) is 11.8 Å². The standard InChI is InChI=1S/C20H28N2O3/c1-3-13(2)20(24)25-17-5-7-22-11-14-8-15(19(22)10-17)12-21-6-4-16(23)9-18(14)21/h3-4,6,14-15,17-19H,5,7-12H2,1-2H3/b13-3+/t14-,15-,17-,18+,19-/m0/s1. The molecule has 0 saturated carbocycles. The van der Waals surface area contributed by atoms with Crippen molar-refractivity contribution >= 4 is 11.8 Å². The van der Waals surface area contributed by atoms with Gasteiger partial charge in [0.25, 0.3) is 0 Å². The molecular formula is C20H28N2O3. The Kier molecular flexibility index (Phi) is 4.44. The van der Waals surface area contributed by atoms with Crippen molar-refractivity contribution in [3.8, 4) is 0 Å². The second-order valence-corrected chi connectivity index (χ2v) is 8.09. The molecule has 4 heterocycles. The van der Waals surface area contributed by atoms with E-state index in [1.807, 2.05) is 26.1 Å². The minimum absolute atomic E-state index is 0.0383. The fourth-order valence-corrected chi connectivity index (χ4v) is 5.18. The van der Waals surface area contributed by atoms with Gasteiger partial charge in [0, 0.05) is 56.3 Å². The van der Waals surface area contributed by atoms with Gasteiger partial charge in [0.05, 0.1) is 0 Å². The van der Waals surface area contributed by atoms with Gasteiger partial charge in [-0.3, -0.25) is 9.69 Å². The van der Waals surface area contributed by atoms with Crippen molar-refractivity contribution in [2.24, 2.45) is 11.8 Å². The molecule has 2 bridgehead atoms. The second-order valence-electron chi connectivity index (χ2n) is 8.09. The molecule has 4 rings (SSSR count). The number of allylic oxidation sites excluding steroid dienone is 2. The van der Waals surface area contributed by atoms with E-state index in [0.717, 1.165) is 32.5 Å². The van der Waals surface area contributed by atoms with Gasteiger partial charge in [-0.05, 0) is 44.6 Å². The van der Waals surface area contributed by atoms with Crippen LogP contribution in [0.25, 0.3) is 0 Å². The molecule has 3 fully saturated rings. The average molecular weight is 344 g/mol. The first-order valence-corrected chi connectivity index (χ1v) is 9.60. The molecule has 0 spiro atoms. The van der Waals surface area contributed by atoms with Gasteiger partial charge in [-0.1, -0.05) is 6.08 Å². The van der Waals surface area contributed by atoms with E-state index in [4.69, 9.17) is 4.74 Å². The Morgan fingerprint density at radius 3 is 2.84 bits per heavy atom. The predicted molar refractivity (Wildman–Crippen MR) is 94.8 cm³/mol. The molecule has 0 unspecified atom stereocenters. The van der Waals surface area contributed by atoms with Crippen LogP contribution in [0.1, 0.15) is 39.5 Å². The summed E-state index contributed by atoms with van der Waals surface area (Å²) in [5.74, 6) is 1.30. The van der Waals surface area contributed by atoms with E-state index in [1.165, 1.54) is 6.42 Å². The van der Waals surface area contributed by atoms with Gasteiger partial charge in [-0.15, -0.1) is 0 Å². The van der Waals surface area contributed by atoms with Crippen LogP contribution in [-0.4, -0.2) is 59.4 Å². The van der Waals surface area contributed by atoms with Crippen LogP contribution >= 0.6 is 0 Å². The van der Waals surface area contributed by atoms with Gasteiger partial charge >= 0.3 is 5.97 Å². The van der Waals surface area contributed by atoms with Gasteiger partial charge in [-0.2, -0.15) is 0 Å². The third-order valence-corrected chi connectivity index (χ3v) is 6.64. The van der Waals surface area contributed by atoms with E-state index in [9.17, 15) is 9.59 Å². The van der Waals surface area contributed by atoms with Crippen molar-refractivity contribution in [1.29, 1.82) is 0 Å². The van der Waals surface area contributed by atoms with E-state index in [1.54, 1.807) is 6.08 Å². The summed E-state index contributed by atoms with van der Waals surface area (Å²) in [6.07, 6.45) is 9.35. The third-order valence-electron chi connectivity index (χ3n) is 6.64. The van der Waals surface area contributed by atoms with Crippen molar-refractivity contribution in [2.45, 2.75) is 57.7 Å². The molecule has 5 atom stereocenters. The maximum Gasteiger partial charge on any atom is 0.333 e. The molecule has 25 heavy (non-hydrogen) atoms. The highest BCUT2D eigenvalue weighted by molar-refractivity contribution is 5.90. The molecule has 0 aromatic heterocycles. The van der Waals surface area contributed by atoms with E-state index >= 15 is 0 Å². The monoisotopic (exact) mass is 344 g/mol. The molecule has 4 aliphatic heterocycles. The lowest BCUT2D eigenvalue weighted by molar-refractivity contribution is -0.150. The minimum atomic E-state index is -0.171. The number of fused-ring (bicyclic) bond motifs is 6. The maximum absolute atomic E-state index is 12.1. The summed E-state index contributed by atoms with van der Waals surface area (Å²) in [5, 5.41) is 0. The van der Waals surface area contributed by atoms with Crippen LogP contribution in [0.3, 0.4) is 0 Å². The molecule has 136 valence electrons. The average Bonchev–Trinajstić information content (AvgIpc) is 2.62. The van der Waals surface area contributed by atoms with E-state index in [-0.39, 0.29) is 17.9 Å². The SMILES string of the molecule is C/C=C(\C)C(=O)O[C@H]1CCN2C[C@@H]3C[C@@H](CN4C=CC(=O)C[C@H]34)[C@@H]2C1. The molecule has 5 nitrogen and oxygen atoms in total. The summed E-state index contributed by atoms with van der Waals surface area (Å²) >= 11 is 0. The Hall–Kier alpha value is -1.62. The normalized spacial score (nSPS) is 38.2. The summed E-state index contributed by atoms with van der Waals surface area (Å²) in [7, 11) is 0. The molecule has 0 aromatic carbocycles. The Bertz CT molecular complexity index is 626. The molecule has 3 saturated heterocycles. The number of piperidine rings is 3. The van der Waals surface area contributed by atoms with Gasteiger partial charge in [0.15, 0.2) is 5.78 Å². The Morgan fingerprint density at radius 1 is 1.24 bits per heavy atom. The summed E-state index contributed by atoms with van der Waals surface area (Å²) in [6, 6.07) is 0.892. The summed E-state index contributed by atoms with van der Waals surface area (Å²) in [5.41, 5.74) is 0.690. The summed E-state index contributed by atoms with van der Waals surface area (Å²) in [4.78, 5) is 28.9. The predicted octanol–water partition coefficient (Wildman–Crippen LogP) is 2.14. The first-order chi connectivity index (χ1) is 12.0. The Labute approximate surface area is 149 Å². The lowest BCUT2D eigenvalue weighted by Crippen LogP contribution is -2.63. The zero-order valence-corrected chi connectivity index (χ0v) is 15.2. The van der Waals surface area contributed by atoms with Gasteiger partial charge in [-0.25, -0.2) is 4.79 Å². The fraction of sp³-hybridized carbons (Fsp3) is 0.700. The molecule has 0 aromatic rings. The van der Waals surface area contributed by atoms with Crippen molar-refractivity contribution in [1.82, 2.24) is 9.80 Å². The van der Waals surface area contributed by atoms with E-state index in [2.05, 4.69) is 9.80 Å². The van der Waals surface area contributed by atoms with E-state index in [0.29, 0.717) is 35.9 Å². The topological polar surface area (TPSA) is 49.9 Å². The largest absolute Gasteiger partial charge is 0.459 e. The highest BCUT2D eigenvalue weighted by Gasteiger charge is 2.48. The summed E-state index contributed by atoms with van der Waals surface area (Å²) in [6.45, 7) is 6.80. The zero-order chi connectivity index (χ0) is 17.6. The number of hydrogen-bond donors (Lipinski definition) is 0. The number of nitrogens with zero attached hydrogens (tertiary/aromatic N) is 2. The van der Waals surface area contributed by atoms with Gasteiger partial charge < -0.3 is 9.64 Å². The van der Waals surface area contributed by atoms with Crippen LogP contribution in [0.4, 0.5) is 0 Å². The highest BCUT2D eigenvalue weighted by atomic mass is 16.5. The van der Waals surface area contributed by atoms with Crippen molar-refractivity contribution in [3.63, 3.8) is 0 Å². The van der Waals surface area contributed by atoms with Gasteiger partial charge in [0.2, 0.25) is 0 Å². The Morgan fingerprint density at radius 2 is 2.04 bits per heavy atom. The lowest BCUT2D eigenvalue weighted by Gasteiger charge is -2.56. The smallest absolute Gasteiger partial charge is 0.333 e. The summed E-state index contributed by atoms with van der Waals surface area (Å²) < 4.78 is 5.75. The van der Waals surface area contributed by atoms with Gasteiger partial charge in [0.1, 0.15) is 6.10 Å². The minimum Gasteiger partial charge on any atom is -0.459 e. The molecule has 4 aliphatic rings. The van der Waals surface area contributed by atoms with Crippen molar-refractivity contribution < 1.29 is 14.3 Å². The lowest BCUT2D eigenvalue weighted by atomic mass is 9.71. The number of esters is 1. The van der Waals surface area contributed by atoms with Crippen molar-refractivity contribution in [3.05, 3.63) is 23.9 Å². The number of rotatable bonds is 2. The molecular weight excluding hydrogens is 316 g/mol. The number of ketones is 1. The molecule has 5 heteroatoms. The van der Waals surface area contributed by atoms with Crippen molar-refractivity contribution in [2.75, 3.05) is 19.6 Å². The first kappa shape index (κ1) is 16.8. The van der Waals surface area contributed by atoms with Crippen LogP contribution in [0.15, 0.2) is 23.9 Å². The fourth-order valence-electron chi connectivity index (χ4n) is 5.18. The zero-order valence-electron chi connectivity index (χ0n) is 15.2. The quantitative estimate of drug-likeness (QED) is 0.567. The molecule has 0 amide bonds. The van der Waals surface area contributed by atoms with E-state index < -0.39 is 0 Å². The van der Waals surface area contributed by atoms with Crippen LogP contribution in [-0.2, 0) is 14.3 Å². The van der Waals surface area contributed by atoms with Crippen LogP contribution < -0.4 is 0 Å². The maximum atomic E-state index is 12.1. The highest BCUT2D eigenvalue weighted by Crippen LogP contribution is 2.42. The Balaban J connectivity index is 1.44. The molecule has 0 radical (unpaired) electrons.